The van der Waals surface area contributed by atoms with E-state index in [2.05, 4.69) is 15.4 Å². The molecule has 1 aromatic heterocycles. The molecule has 0 bridgehead atoms. The van der Waals surface area contributed by atoms with Crippen molar-refractivity contribution in [2.24, 2.45) is 10.2 Å². The number of halogens is 2. The lowest BCUT2D eigenvalue weighted by molar-refractivity contribution is -0.145. The van der Waals surface area contributed by atoms with Gasteiger partial charge in [-0.15, -0.1) is 5.11 Å². The van der Waals surface area contributed by atoms with Crippen LogP contribution in [0.25, 0.3) is 11.3 Å². The van der Waals surface area contributed by atoms with Gasteiger partial charge in [-0.3, -0.25) is 4.79 Å². The summed E-state index contributed by atoms with van der Waals surface area (Å²) in [4.78, 5) is 22.6. The monoisotopic (exact) mass is 333 g/mol. The first-order chi connectivity index (χ1) is 11.5. The third kappa shape index (κ3) is 3.40. The van der Waals surface area contributed by atoms with Gasteiger partial charge in [0.15, 0.2) is 11.8 Å². The first-order valence-electron chi connectivity index (χ1n) is 6.73. The molecule has 1 aromatic carbocycles. The molecule has 0 fully saturated rings. The Morgan fingerprint density at radius 1 is 1.29 bits per heavy atom. The zero-order chi connectivity index (χ0) is 17.1. The summed E-state index contributed by atoms with van der Waals surface area (Å²) >= 11 is 0. The van der Waals surface area contributed by atoms with Crippen LogP contribution in [0.5, 0.6) is 0 Å². The van der Waals surface area contributed by atoms with Crippen LogP contribution in [0.3, 0.4) is 0 Å². The summed E-state index contributed by atoms with van der Waals surface area (Å²) in [5, 5.41) is 10.4. The van der Waals surface area contributed by atoms with Crippen LogP contribution in [-0.4, -0.2) is 23.1 Å². The molecule has 1 amide bonds. The van der Waals surface area contributed by atoms with Crippen molar-refractivity contribution in [3.8, 4) is 11.3 Å². The van der Waals surface area contributed by atoms with Gasteiger partial charge in [0.2, 0.25) is 0 Å². The first-order valence-corrected chi connectivity index (χ1v) is 6.73. The van der Waals surface area contributed by atoms with Crippen molar-refractivity contribution in [2.75, 3.05) is 0 Å². The number of hydrogen-bond donors (Lipinski definition) is 0. The normalized spacial score (nSPS) is 16.4. The molecule has 0 N–H and O–H groups in total. The van der Waals surface area contributed by atoms with E-state index in [1.165, 1.54) is 18.2 Å². The highest BCUT2D eigenvalue weighted by Gasteiger charge is 2.21. The number of esters is 1. The lowest BCUT2D eigenvalue weighted by Crippen LogP contribution is -2.21. The molecule has 0 radical (unpaired) electrons. The van der Waals surface area contributed by atoms with Crippen LogP contribution in [0.4, 0.5) is 8.78 Å². The smallest absolute Gasteiger partial charge is 0.337 e. The number of rotatable bonds is 4. The van der Waals surface area contributed by atoms with E-state index in [1.807, 2.05) is 0 Å². The van der Waals surface area contributed by atoms with Crippen LogP contribution in [-0.2, 0) is 20.9 Å². The molecule has 0 saturated carbocycles. The lowest BCUT2D eigenvalue weighted by Gasteiger charge is -2.07. The predicted molar refractivity (Wildman–Crippen MR) is 74.4 cm³/mol. The second-order valence-corrected chi connectivity index (χ2v) is 4.77. The van der Waals surface area contributed by atoms with Gasteiger partial charge < -0.3 is 9.26 Å². The summed E-state index contributed by atoms with van der Waals surface area (Å²) in [6.45, 7) is -0.237. The number of nitrogens with zero attached hydrogens (tertiary/aromatic N) is 3. The minimum Gasteiger partial charge on any atom is -0.457 e. The zero-order valence-corrected chi connectivity index (χ0v) is 12.0. The third-order valence-electron chi connectivity index (χ3n) is 3.06. The van der Waals surface area contributed by atoms with E-state index < -0.39 is 29.6 Å². The van der Waals surface area contributed by atoms with E-state index in [4.69, 9.17) is 9.26 Å². The number of hydrogen-bond acceptors (Lipinski definition) is 6. The molecular weight excluding hydrogens is 324 g/mol. The largest absolute Gasteiger partial charge is 0.457 e. The Hall–Kier alpha value is -3.23. The molecular formula is C15H9F2N3O4. The summed E-state index contributed by atoms with van der Waals surface area (Å²) in [5.41, 5.74) is 0.263. The number of benzene rings is 1. The molecule has 122 valence electrons. The van der Waals surface area contributed by atoms with Crippen molar-refractivity contribution in [3.63, 3.8) is 0 Å². The molecule has 2 heterocycles. The van der Waals surface area contributed by atoms with E-state index in [1.54, 1.807) is 0 Å². The van der Waals surface area contributed by atoms with Crippen LogP contribution in [0.15, 0.2) is 51.2 Å². The summed E-state index contributed by atoms with van der Waals surface area (Å²) in [5.74, 6) is -2.71. The maximum absolute atomic E-state index is 13.7. The number of carbonyl (C=O) groups is 2. The highest BCUT2D eigenvalue weighted by molar-refractivity contribution is 5.91. The maximum Gasteiger partial charge on any atom is 0.337 e. The average molecular weight is 333 g/mol. The Labute approximate surface area is 133 Å². The fourth-order valence-electron chi connectivity index (χ4n) is 1.92. The van der Waals surface area contributed by atoms with Gasteiger partial charge in [0.05, 0.1) is 5.56 Å². The van der Waals surface area contributed by atoms with E-state index in [0.29, 0.717) is 0 Å². The van der Waals surface area contributed by atoms with Crippen molar-refractivity contribution in [2.45, 2.75) is 12.6 Å². The molecule has 0 saturated heterocycles. The minimum absolute atomic E-state index is 0.0315. The van der Waals surface area contributed by atoms with Crippen LogP contribution in [0.1, 0.15) is 5.69 Å². The molecule has 0 spiro atoms. The summed E-state index contributed by atoms with van der Waals surface area (Å²) in [7, 11) is 0. The number of ether oxygens (including phenoxy) is 1. The molecule has 0 aliphatic carbocycles. The molecule has 9 heteroatoms. The van der Waals surface area contributed by atoms with Crippen molar-refractivity contribution < 1.29 is 27.6 Å². The van der Waals surface area contributed by atoms with Gasteiger partial charge >= 0.3 is 5.97 Å². The van der Waals surface area contributed by atoms with Gasteiger partial charge in [-0.1, -0.05) is 5.16 Å². The van der Waals surface area contributed by atoms with Crippen LogP contribution in [0.2, 0.25) is 0 Å². The summed E-state index contributed by atoms with van der Waals surface area (Å²) < 4.78 is 36.5. The van der Waals surface area contributed by atoms with Crippen molar-refractivity contribution >= 4 is 11.9 Å². The van der Waals surface area contributed by atoms with Gasteiger partial charge in [-0.25, -0.2) is 13.6 Å². The fourth-order valence-corrected chi connectivity index (χ4v) is 1.92. The SMILES string of the molecule is O=C1C=CC(C(=O)OCc2cc(-c3ccc(F)cc3F)on2)N=N1. The Balaban J connectivity index is 1.64. The minimum atomic E-state index is -0.997. The topological polar surface area (TPSA) is 94.1 Å². The van der Waals surface area contributed by atoms with E-state index in [9.17, 15) is 18.4 Å². The van der Waals surface area contributed by atoms with E-state index in [0.717, 1.165) is 18.2 Å². The van der Waals surface area contributed by atoms with Crippen LogP contribution in [0, 0.1) is 11.6 Å². The molecule has 3 rings (SSSR count). The van der Waals surface area contributed by atoms with Gasteiger partial charge in [0, 0.05) is 18.2 Å². The Morgan fingerprint density at radius 2 is 2.12 bits per heavy atom. The molecule has 2 aromatic rings. The second kappa shape index (κ2) is 6.49. The Bertz CT molecular complexity index is 844. The molecule has 24 heavy (non-hydrogen) atoms. The first kappa shape index (κ1) is 15.7. The van der Waals surface area contributed by atoms with Gasteiger partial charge in [-0.2, -0.15) is 5.11 Å². The van der Waals surface area contributed by atoms with E-state index in [-0.39, 0.29) is 23.6 Å². The summed E-state index contributed by atoms with van der Waals surface area (Å²) in [6.07, 6.45) is 2.38. The second-order valence-electron chi connectivity index (χ2n) is 4.77. The average Bonchev–Trinajstić information content (AvgIpc) is 3.02. The lowest BCUT2D eigenvalue weighted by atomic mass is 10.1. The van der Waals surface area contributed by atoms with Crippen molar-refractivity contribution in [1.29, 1.82) is 0 Å². The van der Waals surface area contributed by atoms with Gasteiger partial charge in [0.25, 0.3) is 5.91 Å². The van der Waals surface area contributed by atoms with Gasteiger partial charge in [-0.05, 0) is 18.2 Å². The summed E-state index contributed by atoms with van der Waals surface area (Å²) in [6, 6.07) is 3.39. The predicted octanol–water partition coefficient (Wildman–Crippen LogP) is 2.58. The molecule has 7 nitrogen and oxygen atoms in total. The quantitative estimate of drug-likeness (QED) is 0.802. The van der Waals surface area contributed by atoms with Gasteiger partial charge in [0.1, 0.15) is 23.9 Å². The molecule has 1 aliphatic rings. The maximum atomic E-state index is 13.7. The van der Waals surface area contributed by atoms with Crippen molar-refractivity contribution in [3.05, 3.63) is 53.7 Å². The highest BCUT2D eigenvalue weighted by atomic mass is 19.1. The zero-order valence-electron chi connectivity index (χ0n) is 12.0. The number of azo groups is 1. The molecule has 1 atom stereocenters. The standard InChI is InChI=1S/C15H9F2N3O4/c16-8-1-2-10(11(17)5-8)13-6-9(20-24-13)7-23-15(22)12-3-4-14(21)19-18-12/h1-6,12H,7H2. The number of aromatic nitrogens is 1. The fraction of sp³-hybridized carbons (Fsp3) is 0.133. The Morgan fingerprint density at radius 3 is 2.83 bits per heavy atom. The molecule has 1 unspecified atom stereocenters. The van der Waals surface area contributed by atoms with E-state index >= 15 is 0 Å². The number of carbonyl (C=O) groups excluding carboxylic acids is 2. The number of amides is 1. The highest BCUT2D eigenvalue weighted by Crippen LogP contribution is 2.24. The Kier molecular flexibility index (Phi) is 4.23. The molecule has 1 aliphatic heterocycles. The van der Waals surface area contributed by atoms with Crippen LogP contribution < -0.4 is 0 Å². The van der Waals surface area contributed by atoms with Crippen molar-refractivity contribution in [1.82, 2.24) is 5.16 Å². The van der Waals surface area contributed by atoms with Crippen LogP contribution >= 0.6 is 0 Å². The third-order valence-corrected chi connectivity index (χ3v) is 3.06.